The van der Waals surface area contributed by atoms with E-state index in [2.05, 4.69) is 9.72 Å². The Balaban J connectivity index is 2.36. The quantitative estimate of drug-likeness (QED) is 0.767. The minimum Gasteiger partial charge on any atom is -0.464 e. The summed E-state index contributed by atoms with van der Waals surface area (Å²) < 4.78 is 28.4. The largest absolute Gasteiger partial charge is 0.464 e. The Kier molecular flexibility index (Phi) is 4.60. The molecule has 0 bridgehead atoms. The summed E-state index contributed by atoms with van der Waals surface area (Å²) in [5.74, 6) is 0.871. The minimum absolute atomic E-state index is 0.262. The van der Waals surface area contributed by atoms with Gasteiger partial charge in [0.05, 0.1) is 7.11 Å². The number of rotatable bonds is 3. The Morgan fingerprint density at radius 3 is 2.80 bits per heavy atom. The molecule has 1 saturated heterocycles. The summed E-state index contributed by atoms with van der Waals surface area (Å²) in [5, 5.41) is -0.0177. The zero-order valence-electron chi connectivity index (χ0n) is 11.5. The first-order chi connectivity index (χ1) is 9.34. The summed E-state index contributed by atoms with van der Waals surface area (Å²) in [6.07, 6.45) is 1.23. The van der Waals surface area contributed by atoms with Crippen molar-refractivity contribution < 1.29 is 17.9 Å². The number of thiazole rings is 1. The van der Waals surface area contributed by atoms with Gasteiger partial charge in [0.2, 0.25) is 0 Å². The number of methoxy groups -OCH3 is 1. The molecule has 0 radical (unpaired) electrons. The first kappa shape index (κ1) is 15.6. The van der Waals surface area contributed by atoms with E-state index in [1.54, 1.807) is 23.6 Å². The normalized spacial score (nSPS) is 19.9. The number of thioether (sulfide) groups is 1. The molecule has 0 aromatic carbocycles. The number of sulfone groups is 1. The van der Waals surface area contributed by atoms with Crippen LogP contribution in [0.2, 0.25) is 0 Å². The molecule has 2 heterocycles. The lowest BCUT2D eigenvalue weighted by molar-refractivity contribution is 0.0594. The molecule has 1 unspecified atom stereocenters. The Morgan fingerprint density at radius 1 is 1.50 bits per heavy atom. The fourth-order valence-electron chi connectivity index (χ4n) is 1.95. The molecule has 1 aliphatic heterocycles. The summed E-state index contributed by atoms with van der Waals surface area (Å²) in [4.78, 5) is 18.4. The van der Waals surface area contributed by atoms with Crippen LogP contribution in [-0.2, 0) is 14.6 Å². The number of esters is 1. The molecular weight excluding hydrogens is 320 g/mol. The highest BCUT2D eigenvalue weighted by Crippen LogP contribution is 2.32. The first-order valence-electron chi connectivity index (χ1n) is 5.93. The van der Waals surface area contributed by atoms with E-state index in [-0.39, 0.29) is 5.69 Å². The van der Waals surface area contributed by atoms with Crippen LogP contribution in [0.5, 0.6) is 0 Å². The zero-order valence-corrected chi connectivity index (χ0v) is 13.9. The number of carbonyl (C=O) groups is 1. The average Bonchev–Trinajstić information content (AvgIpc) is 2.79. The zero-order chi connectivity index (χ0) is 14.9. The average molecular weight is 336 g/mol. The van der Waals surface area contributed by atoms with Crippen molar-refractivity contribution in [2.45, 2.75) is 12.3 Å². The van der Waals surface area contributed by atoms with Gasteiger partial charge in [0.15, 0.2) is 20.7 Å². The van der Waals surface area contributed by atoms with Gasteiger partial charge in [0.25, 0.3) is 0 Å². The summed E-state index contributed by atoms with van der Waals surface area (Å²) in [5.41, 5.74) is 0.262. The summed E-state index contributed by atoms with van der Waals surface area (Å²) in [6, 6.07) is 0. The van der Waals surface area contributed by atoms with Gasteiger partial charge in [0, 0.05) is 29.2 Å². The fourth-order valence-corrected chi connectivity index (χ4v) is 5.80. The van der Waals surface area contributed by atoms with Crippen LogP contribution in [0.15, 0.2) is 0 Å². The molecule has 1 aromatic rings. The van der Waals surface area contributed by atoms with Gasteiger partial charge in [-0.25, -0.2) is 18.2 Å². The summed E-state index contributed by atoms with van der Waals surface area (Å²) in [7, 11) is -1.89. The summed E-state index contributed by atoms with van der Waals surface area (Å²) >= 11 is 2.94. The van der Waals surface area contributed by atoms with E-state index in [1.165, 1.54) is 24.7 Å². The van der Waals surface area contributed by atoms with Crippen molar-refractivity contribution in [2.75, 3.05) is 36.3 Å². The van der Waals surface area contributed by atoms with Crippen LogP contribution in [-0.4, -0.2) is 56.2 Å². The maximum atomic E-state index is 11.9. The third-order valence-corrected chi connectivity index (χ3v) is 6.64. The van der Waals surface area contributed by atoms with Gasteiger partial charge in [0.1, 0.15) is 5.37 Å². The van der Waals surface area contributed by atoms with Crippen LogP contribution < -0.4 is 4.90 Å². The molecule has 0 aliphatic carbocycles. The van der Waals surface area contributed by atoms with E-state index in [1.807, 2.05) is 0 Å². The molecule has 0 N–H and O–H groups in total. The Hall–Kier alpha value is -0.800. The first-order valence-corrected chi connectivity index (χ1v) is 9.86. The fraction of sp³-hybridized carbons (Fsp3) is 0.636. The highest BCUT2D eigenvalue weighted by atomic mass is 32.2. The summed E-state index contributed by atoms with van der Waals surface area (Å²) in [6.45, 7) is 2.39. The number of ether oxygens (including phenoxy) is 1. The number of hydrogen-bond acceptors (Lipinski definition) is 8. The number of aryl methyl sites for hydroxylation is 1. The second kappa shape index (κ2) is 5.90. The number of hydrogen-bond donors (Lipinski definition) is 0. The maximum absolute atomic E-state index is 11.9. The standard InChI is InChI=1S/C11H16N2O4S3/c1-7-9(10(14)17-2)12-11(19-7)13-4-5-18-6-8(13)20(3,15)16/h8H,4-6H2,1-3H3. The molecule has 0 amide bonds. The van der Waals surface area contributed by atoms with Crippen LogP contribution in [0.3, 0.4) is 0 Å². The van der Waals surface area contributed by atoms with Crippen LogP contribution >= 0.6 is 23.1 Å². The van der Waals surface area contributed by atoms with E-state index in [0.717, 1.165) is 10.6 Å². The molecular formula is C11H16N2O4S3. The molecule has 0 spiro atoms. The SMILES string of the molecule is COC(=O)c1nc(N2CCSCC2S(C)(=O)=O)sc1C. The Bertz CT molecular complexity index is 611. The maximum Gasteiger partial charge on any atom is 0.357 e. The topological polar surface area (TPSA) is 76.6 Å². The highest BCUT2D eigenvalue weighted by Gasteiger charge is 2.33. The molecule has 2 rings (SSSR count). The van der Waals surface area contributed by atoms with Gasteiger partial charge in [-0.15, -0.1) is 11.3 Å². The number of nitrogens with zero attached hydrogens (tertiary/aromatic N) is 2. The van der Waals surface area contributed by atoms with Gasteiger partial charge in [-0.2, -0.15) is 11.8 Å². The lowest BCUT2D eigenvalue weighted by Crippen LogP contribution is -2.47. The molecule has 1 atom stereocenters. The van der Waals surface area contributed by atoms with Gasteiger partial charge in [-0.05, 0) is 6.92 Å². The van der Waals surface area contributed by atoms with Crippen molar-refractivity contribution in [1.29, 1.82) is 0 Å². The highest BCUT2D eigenvalue weighted by molar-refractivity contribution is 8.01. The number of anilines is 1. The van der Waals surface area contributed by atoms with Crippen LogP contribution in [0, 0.1) is 6.92 Å². The van der Waals surface area contributed by atoms with Crippen LogP contribution in [0.25, 0.3) is 0 Å². The lowest BCUT2D eigenvalue weighted by Gasteiger charge is -2.33. The molecule has 1 aromatic heterocycles. The minimum atomic E-state index is -3.20. The predicted octanol–water partition coefficient (Wildman–Crippen LogP) is 1.16. The molecule has 9 heteroatoms. The number of carbonyl (C=O) groups excluding carboxylic acids is 1. The Labute approximate surface area is 126 Å². The van der Waals surface area contributed by atoms with E-state index in [0.29, 0.717) is 17.4 Å². The third kappa shape index (κ3) is 3.09. The molecule has 112 valence electrons. The van der Waals surface area contributed by atoms with Crippen molar-refractivity contribution >= 4 is 44.0 Å². The molecule has 20 heavy (non-hydrogen) atoms. The molecule has 1 aliphatic rings. The van der Waals surface area contributed by atoms with Gasteiger partial charge < -0.3 is 9.64 Å². The van der Waals surface area contributed by atoms with E-state index in [9.17, 15) is 13.2 Å². The van der Waals surface area contributed by atoms with Crippen molar-refractivity contribution in [3.05, 3.63) is 10.6 Å². The van der Waals surface area contributed by atoms with Gasteiger partial charge in [-0.3, -0.25) is 0 Å². The van der Waals surface area contributed by atoms with Crippen molar-refractivity contribution in [1.82, 2.24) is 4.98 Å². The van der Waals surface area contributed by atoms with E-state index in [4.69, 9.17) is 0 Å². The van der Waals surface area contributed by atoms with Gasteiger partial charge >= 0.3 is 5.97 Å². The van der Waals surface area contributed by atoms with Crippen molar-refractivity contribution in [3.8, 4) is 0 Å². The second-order valence-electron chi connectivity index (χ2n) is 4.45. The smallest absolute Gasteiger partial charge is 0.357 e. The van der Waals surface area contributed by atoms with Gasteiger partial charge in [-0.1, -0.05) is 0 Å². The van der Waals surface area contributed by atoms with E-state index < -0.39 is 21.2 Å². The monoisotopic (exact) mass is 336 g/mol. The number of aromatic nitrogens is 1. The van der Waals surface area contributed by atoms with Crippen molar-refractivity contribution in [2.24, 2.45) is 0 Å². The molecule has 0 saturated carbocycles. The van der Waals surface area contributed by atoms with Crippen molar-refractivity contribution in [3.63, 3.8) is 0 Å². The predicted molar refractivity (Wildman–Crippen MR) is 81.5 cm³/mol. The van der Waals surface area contributed by atoms with Crippen LogP contribution in [0.4, 0.5) is 5.13 Å². The molecule has 1 fully saturated rings. The third-order valence-electron chi connectivity index (χ3n) is 2.99. The second-order valence-corrected chi connectivity index (χ2v) is 8.98. The van der Waals surface area contributed by atoms with E-state index >= 15 is 0 Å². The molecule has 6 nitrogen and oxygen atoms in total. The Morgan fingerprint density at radius 2 is 2.20 bits per heavy atom. The van der Waals surface area contributed by atoms with Crippen LogP contribution in [0.1, 0.15) is 15.4 Å². The lowest BCUT2D eigenvalue weighted by atomic mass is 10.4.